The summed E-state index contributed by atoms with van der Waals surface area (Å²) in [6.45, 7) is 3.42. The number of benzene rings is 2. The third-order valence-corrected chi connectivity index (χ3v) is 5.78. The molecule has 2 aromatic carbocycles. The normalized spacial score (nSPS) is 19.6. The number of ether oxygens (including phenoxy) is 2. The van der Waals surface area contributed by atoms with Gasteiger partial charge in [0.25, 0.3) is 0 Å². The van der Waals surface area contributed by atoms with Crippen LogP contribution in [0.15, 0.2) is 54.6 Å². The Hall–Kier alpha value is -1.96. The Kier molecular flexibility index (Phi) is 8.07. The van der Waals surface area contributed by atoms with Gasteiger partial charge in [-0.1, -0.05) is 62.9 Å². The number of unbranched alkanes of at least 4 members (excludes halogenated alkanes) is 2. The molecule has 0 saturated heterocycles. The maximum atomic E-state index is 5.82. The fourth-order valence-electron chi connectivity index (χ4n) is 4.14. The lowest BCUT2D eigenvalue weighted by Gasteiger charge is -2.29. The summed E-state index contributed by atoms with van der Waals surface area (Å²) in [5.41, 5.74) is 1.48. The molecule has 0 bridgehead atoms. The minimum Gasteiger partial charge on any atom is -0.490 e. The van der Waals surface area contributed by atoms with Gasteiger partial charge in [0, 0.05) is 0 Å². The Bertz CT molecular complexity index is 627. The van der Waals surface area contributed by atoms with Crippen molar-refractivity contribution in [2.24, 2.45) is 5.92 Å². The first-order chi connectivity index (χ1) is 13.3. The Morgan fingerprint density at radius 1 is 0.741 bits per heavy atom. The Morgan fingerprint density at radius 2 is 1.37 bits per heavy atom. The molecule has 146 valence electrons. The van der Waals surface area contributed by atoms with Crippen molar-refractivity contribution in [3.05, 3.63) is 60.2 Å². The maximum Gasteiger partial charge on any atom is 0.122 e. The quantitative estimate of drug-likeness (QED) is 0.421. The molecule has 0 aliphatic heterocycles. The Morgan fingerprint density at radius 3 is 2.00 bits per heavy atom. The highest BCUT2D eigenvalue weighted by Gasteiger charge is 2.21. The molecule has 0 aromatic heterocycles. The van der Waals surface area contributed by atoms with Crippen LogP contribution >= 0.6 is 0 Å². The van der Waals surface area contributed by atoms with Crippen LogP contribution in [-0.2, 0) is 0 Å². The van der Waals surface area contributed by atoms with Crippen LogP contribution in [0.25, 0.3) is 0 Å². The second-order valence-corrected chi connectivity index (χ2v) is 7.79. The molecule has 1 aliphatic carbocycles. The number of hydrogen-bond donors (Lipinski definition) is 0. The van der Waals surface area contributed by atoms with Crippen molar-refractivity contribution >= 4 is 0 Å². The molecule has 3 rings (SSSR count). The van der Waals surface area contributed by atoms with Gasteiger partial charge in [-0.3, -0.25) is 0 Å². The minimum atomic E-state index is 0.563. The van der Waals surface area contributed by atoms with E-state index in [2.05, 4.69) is 31.2 Å². The summed E-state index contributed by atoms with van der Waals surface area (Å²) in [7, 11) is 0. The molecule has 0 atom stereocenters. The summed E-state index contributed by atoms with van der Waals surface area (Å²) in [4.78, 5) is 0. The second-order valence-electron chi connectivity index (χ2n) is 7.79. The highest BCUT2D eigenvalue weighted by molar-refractivity contribution is 5.29. The zero-order chi connectivity index (χ0) is 18.7. The monoisotopic (exact) mass is 366 g/mol. The van der Waals surface area contributed by atoms with Gasteiger partial charge in [0.05, 0.1) is 0 Å². The molecule has 2 heteroatoms. The maximum absolute atomic E-state index is 5.82. The molecular weight excluding hydrogens is 332 g/mol. The molecule has 1 saturated carbocycles. The summed E-state index contributed by atoms with van der Waals surface area (Å²) in [6.07, 6.45) is 11.1. The average Bonchev–Trinajstić information content (AvgIpc) is 2.73. The molecule has 0 N–H and O–H groups in total. The standard InChI is InChI=1S/C25H34O2/c1-2-3-5-8-21-11-13-22(14-12-21)23-15-17-25(18-16-23)27-20-19-26-24-9-6-4-7-10-24/h4,6-7,9-10,15-18,21-22H,2-3,5,8,11-14,19-20H2,1H3. The van der Waals surface area contributed by atoms with Crippen LogP contribution < -0.4 is 9.47 Å². The summed E-state index contributed by atoms with van der Waals surface area (Å²) >= 11 is 0. The van der Waals surface area contributed by atoms with Crippen LogP contribution in [0, 0.1) is 5.92 Å². The van der Waals surface area contributed by atoms with Gasteiger partial charge in [0.1, 0.15) is 24.7 Å². The molecule has 2 aromatic rings. The topological polar surface area (TPSA) is 18.5 Å². The van der Waals surface area contributed by atoms with E-state index in [0.717, 1.165) is 23.3 Å². The third kappa shape index (κ3) is 6.61. The largest absolute Gasteiger partial charge is 0.490 e. The SMILES string of the molecule is CCCCCC1CCC(c2ccc(OCCOc3ccccc3)cc2)CC1. The highest BCUT2D eigenvalue weighted by Crippen LogP contribution is 2.38. The van der Waals surface area contributed by atoms with E-state index in [0.29, 0.717) is 13.2 Å². The predicted octanol–water partition coefficient (Wildman–Crippen LogP) is 7.00. The van der Waals surface area contributed by atoms with Crippen molar-refractivity contribution in [1.29, 1.82) is 0 Å². The van der Waals surface area contributed by atoms with Crippen LogP contribution in [-0.4, -0.2) is 13.2 Å². The molecule has 0 heterocycles. The van der Waals surface area contributed by atoms with E-state index < -0.39 is 0 Å². The second kappa shape index (κ2) is 11.0. The smallest absolute Gasteiger partial charge is 0.122 e. The summed E-state index contributed by atoms with van der Waals surface area (Å²) < 4.78 is 11.5. The molecule has 1 aliphatic rings. The van der Waals surface area contributed by atoms with Gasteiger partial charge in [-0.05, 0) is 67.3 Å². The van der Waals surface area contributed by atoms with Crippen molar-refractivity contribution in [2.75, 3.05) is 13.2 Å². The molecule has 0 radical (unpaired) electrons. The van der Waals surface area contributed by atoms with Crippen LogP contribution in [0.4, 0.5) is 0 Å². The van der Waals surface area contributed by atoms with Crippen LogP contribution in [0.5, 0.6) is 11.5 Å². The first kappa shape index (κ1) is 19.8. The predicted molar refractivity (Wildman–Crippen MR) is 113 cm³/mol. The van der Waals surface area contributed by atoms with Gasteiger partial charge < -0.3 is 9.47 Å². The van der Waals surface area contributed by atoms with E-state index in [9.17, 15) is 0 Å². The van der Waals surface area contributed by atoms with E-state index >= 15 is 0 Å². The number of para-hydroxylation sites is 1. The van der Waals surface area contributed by atoms with Crippen LogP contribution in [0.2, 0.25) is 0 Å². The van der Waals surface area contributed by atoms with E-state index in [1.54, 1.807) is 0 Å². The summed E-state index contributed by atoms with van der Waals surface area (Å²) in [6, 6.07) is 18.6. The fraction of sp³-hybridized carbons (Fsp3) is 0.520. The van der Waals surface area contributed by atoms with E-state index in [4.69, 9.17) is 9.47 Å². The highest BCUT2D eigenvalue weighted by atomic mass is 16.5. The minimum absolute atomic E-state index is 0.563. The lowest BCUT2D eigenvalue weighted by molar-refractivity contribution is 0.217. The van der Waals surface area contributed by atoms with Crippen molar-refractivity contribution in [3.8, 4) is 11.5 Å². The van der Waals surface area contributed by atoms with Crippen molar-refractivity contribution in [3.63, 3.8) is 0 Å². The fourth-order valence-corrected chi connectivity index (χ4v) is 4.14. The van der Waals surface area contributed by atoms with Gasteiger partial charge in [-0.15, -0.1) is 0 Å². The molecule has 27 heavy (non-hydrogen) atoms. The van der Waals surface area contributed by atoms with Gasteiger partial charge >= 0.3 is 0 Å². The van der Waals surface area contributed by atoms with Crippen LogP contribution in [0.3, 0.4) is 0 Å². The van der Waals surface area contributed by atoms with Crippen molar-refractivity contribution < 1.29 is 9.47 Å². The summed E-state index contributed by atoms with van der Waals surface area (Å²) in [5, 5.41) is 0. The third-order valence-electron chi connectivity index (χ3n) is 5.78. The van der Waals surface area contributed by atoms with Crippen molar-refractivity contribution in [1.82, 2.24) is 0 Å². The summed E-state index contributed by atoms with van der Waals surface area (Å²) in [5.74, 6) is 3.54. The molecule has 2 nitrogen and oxygen atoms in total. The van der Waals surface area contributed by atoms with E-state index in [-0.39, 0.29) is 0 Å². The lowest BCUT2D eigenvalue weighted by atomic mass is 9.77. The molecule has 1 fully saturated rings. The zero-order valence-corrected chi connectivity index (χ0v) is 16.7. The van der Waals surface area contributed by atoms with Gasteiger partial charge in [-0.2, -0.15) is 0 Å². The van der Waals surface area contributed by atoms with Gasteiger partial charge in [0.15, 0.2) is 0 Å². The Balaban J connectivity index is 1.36. The molecule has 0 amide bonds. The van der Waals surface area contributed by atoms with Gasteiger partial charge in [0.2, 0.25) is 0 Å². The zero-order valence-electron chi connectivity index (χ0n) is 16.7. The first-order valence-corrected chi connectivity index (χ1v) is 10.8. The van der Waals surface area contributed by atoms with E-state index in [1.807, 2.05) is 30.3 Å². The lowest BCUT2D eigenvalue weighted by Crippen LogP contribution is -2.13. The van der Waals surface area contributed by atoms with Crippen LogP contribution in [0.1, 0.15) is 69.8 Å². The van der Waals surface area contributed by atoms with Gasteiger partial charge in [-0.25, -0.2) is 0 Å². The molecular formula is C25H34O2. The first-order valence-electron chi connectivity index (χ1n) is 10.8. The number of hydrogen-bond acceptors (Lipinski definition) is 2. The number of rotatable bonds is 10. The molecule has 0 unspecified atom stereocenters. The van der Waals surface area contributed by atoms with Crippen molar-refractivity contribution in [2.45, 2.75) is 64.2 Å². The van der Waals surface area contributed by atoms with E-state index in [1.165, 1.54) is 56.9 Å². The Labute approximate surface area is 164 Å². The average molecular weight is 367 g/mol. The molecule has 0 spiro atoms.